The van der Waals surface area contributed by atoms with Gasteiger partial charge in [-0.3, -0.25) is 0 Å². The highest BCUT2D eigenvalue weighted by molar-refractivity contribution is 7.98. The highest BCUT2D eigenvalue weighted by Crippen LogP contribution is 2.22. The van der Waals surface area contributed by atoms with E-state index in [1.165, 1.54) is 28.5 Å². The summed E-state index contributed by atoms with van der Waals surface area (Å²) in [7, 11) is 0. The topological polar surface area (TPSA) is 48.2 Å². The Morgan fingerprint density at radius 1 is 1.00 bits per heavy atom. The van der Waals surface area contributed by atoms with Crippen molar-refractivity contribution >= 4 is 11.8 Å². The van der Waals surface area contributed by atoms with Crippen LogP contribution in [0, 0.1) is 13.8 Å². The maximum Gasteiger partial charge on any atom is 0.277 e. The predicted molar refractivity (Wildman–Crippen MR) is 90.5 cm³/mol. The summed E-state index contributed by atoms with van der Waals surface area (Å²) in [6.45, 7) is 4.37. The molecule has 5 heteroatoms. The van der Waals surface area contributed by atoms with Crippen molar-refractivity contribution in [3.63, 3.8) is 0 Å². The summed E-state index contributed by atoms with van der Waals surface area (Å²) in [5.74, 6) is 2.11. The Kier molecular flexibility index (Phi) is 4.98. The summed E-state index contributed by atoms with van der Waals surface area (Å²) < 4.78 is 11.3. The van der Waals surface area contributed by atoms with Crippen molar-refractivity contribution in [2.24, 2.45) is 0 Å². The molecular weight excluding hydrogens is 308 g/mol. The molecule has 118 valence electrons. The molecule has 1 aromatic heterocycles. The van der Waals surface area contributed by atoms with Gasteiger partial charge >= 0.3 is 0 Å². The Hall–Kier alpha value is -2.27. The highest BCUT2D eigenvalue weighted by atomic mass is 32.2. The molecule has 2 aromatic carbocycles. The average Bonchev–Trinajstić information content (AvgIpc) is 2.99. The Labute approximate surface area is 139 Å². The summed E-state index contributed by atoms with van der Waals surface area (Å²) in [6, 6.07) is 16.3. The van der Waals surface area contributed by atoms with Gasteiger partial charge in [-0.2, -0.15) is 0 Å². The van der Waals surface area contributed by atoms with E-state index in [0.29, 0.717) is 11.1 Å². The summed E-state index contributed by atoms with van der Waals surface area (Å²) in [5.41, 5.74) is 3.57. The Morgan fingerprint density at radius 3 is 2.48 bits per heavy atom. The second-order valence-corrected chi connectivity index (χ2v) is 6.27. The number of rotatable bonds is 6. The number of aromatic nitrogens is 2. The van der Waals surface area contributed by atoms with Crippen LogP contribution in [-0.4, -0.2) is 10.2 Å². The van der Waals surface area contributed by atoms with Crippen molar-refractivity contribution in [1.29, 1.82) is 0 Å². The van der Waals surface area contributed by atoms with Crippen molar-refractivity contribution in [3.8, 4) is 5.75 Å². The largest absolute Gasteiger partial charge is 0.484 e. The molecule has 0 atom stereocenters. The first-order chi connectivity index (χ1) is 11.2. The molecule has 4 nitrogen and oxygen atoms in total. The summed E-state index contributed by atoms with van der Waals surface area (Å²) in [4.78, 5) is 0. The van der Waals surface area contributed by atoms with Crippen LogP contribution < -0.4 is 4.74 Å². The second-order valence-electron chi connectivity index (χ2n) is 5.35. The van der Waals surface area contributed by atoms with Crippen molar-refractivity contribution < 1.29 is 9.15 Å². The Bertz CT molecular complexity index is 751. The molecule has 0 aliphatic rings. The lowest BCUT2D eigenvalue weighted by molar-refractivity contribution is 0.252. The van der Waals surface area contributed by atoms with E-state index in [4.69, 9.17) is 9.15 Å². The van der Waals surface area contributed by atoms with Gasteiger partial charge in [0.25, 0.3) is 11.1 Å². The van der Waals surface area contributed by atoms with Crippen molar-refractivity contribution in [2.75, 3.05) is 0 Å². The van der Waals surface area contributed by atoms with Crippen LogP contribution in [0.2, 0.25) is 0 Å². The lowest BCUT2D eigenvalue weighted by Crippen LogP contribution is -1.96. The quantitative estimate of drug-likeness (QED) is 0.622. The molecule has 0 bridgehead atoms. The molecule has 3 aromatic rings. The monoisotopic (exact) mass is 326 g/mol. The number of ether oxygens (including phenoxy) is 1. The van der Waals surface area contributed by atoms with Gasteiger partial charge in [-0.15, -0.1) is 10.2 Å². The van der Waals surface area contributed by atoms with Crippen molar-refractivity contribution in [2.45, 2.75) is 31.4 Å². The van der Waals surface area contributed by atoms with Gasteiger partial charge in [0.1, 0.15) is 5.75 Å². The molecule has 0 amide bonds. The van der Waals surface area contributed by atoms with Crippen LogP contribution in [0.4, 0.5) is 0 Å². The van der Waals surface area contributed by atoms with E-state index in [9.17, 15) is 0 Å². The molecule has 0 unspecified atom stereocenters. The maximum atomic E-state index is 5.72. The first-order valence-electron chi connectivity index (χ1n) is 7.39. The molecule has 0 N–H and O–H groups in total. The van der Waals surface area contributed by atoms with Crippen LogP contribution >= 0.6 is 11.8 Å². The number of aryl methyl sites for hydroxylation is 2. The van der Waals surface area contributed by atoms with E-state index in [-0.39, 0.29) is 6.61 Å². The lowest BCUT2D eigenvalue weighted by Gasteiger charge is -2.05. The molecule has 0 fully saturated rings. The fourth-order valence-corrected chi connectivity index (χ4v) is 2.97. The van der Waals surface area contributed by atoms with Gasteiger partial charge in [0.15, 0.2) is 6.61 Å². The molecular formula is C18H18N2O2S. The zero-order valence-electron chi connectivity index (χ0n) is 13.2. The molecule has 0 radical (unpaired) electrons. The van der Waals surface area contributed by atoms with E-state index in [1.807, 2.05) is 44.2 Å². The van der Waals surface area contributed by atoms with E-state index in [0.717, 1.165) is 11.5 Å². The molecule has 3 rings (SSSR count). The minimum absolute atomic E-state index is 0.280. The number of nitrogens with zero attached hydrogens (tertiary/aromatic N) is 2. The number of thioether (sulfide) groups is 1. The number of hydrogen-bond donors (Lipinski definition) is 0. The van der Waals surface area contributed by atoms with E-state index < -0.39 is 0 Å². The van der Waals surface area contributed by atoms with Crippen LogP contribution in [0.25, 0.3) is 0 Å². The lowest BCUT2D eigenvalue weighted by atomic mass is 10.1. The van der Waals surface area contributed by atoms with Gasteiger partial charge in [0, 0.05) is 5.75 Å². The first-order valence-corrected chi connectivity index (χ1v) is 8.38. The fourth-order valence-electron chi connectivity index (χ4n) is 2.24. The van der Waals surface area contributed by atoms with Gasteiger partial charge in [-0.1, -0.05) is 48.2 Å². The highest BCUT2D eigenvalue weighted by Gasteiger charge is 2.08. The van der Waals surface area contributed by atoms with Gasteiger partial charge < -0.3 is 9.15 Å². The van der Waals surface area contributed by atoms with Crippen LogP contribution in [0.5, 0.6) is 5.75 Å². The van der Waals surface area contributed by atoms with Gasteiger partial charge in [-0.25, -0.2) is 0 Å². The van der Waals surface area contributed by atoms with Gasteiger partial charge in [-0.05, 0) is 42.7 Å². The van der Waals surface area contributed by atoms with Gasteiger partial charge in [0.05, 0.1) is 0 Å². The SMILES string of the molecule is Cc1cc(C)cc(OCc2nnc(SCc3ccccc3)o2)c1. The number of hydrogen-bond acceptors (Lipinski definition) is 5. The Morgan fingerprint density at radius 2 is 1.74 bits per heavy atom. The van der Waals surface area contributed by atoms with Crippen molar-refractivity contribution in [3.05, 3.63) is 71.1 Å². The van der Waals surface area contributed by atoms with Gasteiger partial charge in [0.2, 0.25) is 0 Å². The normalized spacial score (nSPS) is 10.7. The zero-order chi connectivity index (χ0) is 16.1. The van der Waals surface area contributed by atoms with E-state index >= 15 is 0 Å². The first kappa shape index (κ1) is 15.6. The summed E-state index contributed by atoms with van der Waals surface area (Å²) in [6.07, 6.45) is 0. The van der Waals surface area contributed by atoms with Crippen LogP contribution in [-0.2, 0) is 12.4 Å². The minimum Gasteiger partial charge on any atom is -0.484 e. The molecule has 0 aliphatic heterocycles. The number of benzene rings is 2. The minimum atomic E-state index is 0.280. The molecule has 23 heavy (non-hydrogen) atoms. The molecule has 0 spiro atoms. The smallest absolute Gasteiger partial charge is 0.277 e. The van der Waals surface area contributed by atoms with Crippen LogP contribution in [0.1, 0.15) is 22.6 Å². The maximum absolute atomic E-state index is 5.72. The summed E-state index contributed by atoms with van der Waals surface area (Å²) in [5, 5.41) is 8.63. The van der Waals surface area contributed by atoms with Crippen molar-refractivity contribution in [1.82, 2.24) is 10.2 Å². The standard InChI is InChI=1S/C18H18N2O2S/c1-13-8-14(2)10-16(9-13)21-11-17-19-20-18(22-17)23-12-15-6-4-3-5-7-15/h3-10H,11-12H2,1-2H3. The summed E-state index contributed by atoms with van der Waals surface area (Å²) >= 11 is 1.53. The predicted octanol–water partition coefficient (Wildman–Crippen LogP) is 4.56. The second kappa shape index (κ2) is 7.33. The molecule has 0 saturated carbocycles. The Balaban J connectivity index is 1.55. The third kappa shape index (κ3) is 4.60. The zero-order valence-corrected chi connectivity index (χ0v) is 14.0. The molecule has 0 aliphatic carbocycles. The van der Waals surface area contributed by atoms with E-state index in [1.54, 1.807) is 0 Å². The average molecular weight is 326 g/mol. The van der Waals surface area contributed by atoms with E-state index in [2.05, 4.69) is 28.4 Å². The molecule has 0 saturated heterocycles. The third-order valence-electron chi connectivity index (χ3n) is 3.21. The van der Waals surface area contributed by atoms with Crippen LogP contribution in [0.3, 0.4) is 0 Å². The van der Waals surface area contributed by atoms with Crippen LogP contribution in [0.15, 0.2) is 58.2 Å². The third-order valence-corrected chi connectivity index (χ3v) is 4.10. The fraction of sp³-hybridized carbons (Fsp3) is 0.222. The molecule has 1 heterocycles.